The summed E-state index contributed by atoms with van der Waals surface area (Å²) in [6, 6.07) is 16.0. The number of benzene rings is 3. The molecule has 0 bridgehead atoms. The Morgan fingerprint density at radius 1 is 1.08 bits per heavy atom. The summed E-state index contributed by atoms with van der Waals surface area (Å²) >= 11 is 14.9. The largest absolute Gasteiger partial charge is 0.493 e. The molecule has 7 nitrogen and oxygen atoms in total. The van der Waals surface area contributed by atoms with Crippen molar-refractivity contribution in [2.24, 2.45) is 0 Å². The van der Waals surface area contributed by atoms with Gasteiger partial charge in [0, 0.05) is 15.7 Å². The monoisotopic (exact) mass is 682 g/mol. The van der Waals surface area contributed by atoms with Crippen LogP contribution in [0.1, 0.15) is 16.7 Å². The van der Waals surface area contributed by atoms with Crippen molar-refractivity contribution < 1.29 is 23.9 Å². The van der Waals surface area contributed by atoms with E-state index in [1.54, 1.807) is 42.5 Å². The molecule has 1 aliphatic heterocycles. The van der Waals surface area contributed by atoms with E-state index in [9.17, 15) is 14.4 Å². The topological polar surface area (TPSA) is 84.9 Å². The Labute approximate surface area is 247 Å². The van der Waals surface area contributed by atoms with Crippen molar-refractivity contribution in [2.45, 2.75) is 13.5 Å². The van der Waals surface area contributed by atoms with Gasteiger partial charge in [-0.05, 0) is 100 Å². The number of halogens is 3. The molecule has 11 heteroatoms. The van der Waals surface area contributed by atoms with E-state index in [0.29, 0.717) is 39.4 Å². The van der Waals surface area contributed by atoms with Gasteiger partial charge in [-0.3, -0.25) is 19.3 Å². The van der Waals surface area contributed by atoms with Crippen LogP contribution in [0.5, 0.6) is 11.5 Å². The maximum Gasteiger partial charge on any atom is 0.294 e. The second kappa shape index (κ2) is 12.4. The number of nitrogens with zero attached hydrogens (tertiary/aromatic N) is 1. The lowest BCUT2D eigenvalue weighted by Gasteiger charge is -2.14. The predicted octanol–water partition coefficient (Wildman–Crippen LogP) is 7.17. The van der Waals surface area contributed by atoms with Crippen molar-refractivity contribution in [2.75, 3.05) is 19.0 Å². The molecule has 0 atom stereocenters. The highest BCUT2D eigenvalue weighted by atomic mass is 127. The van der Waals surface area contributed by atoms with Crippen molar-refractivity contribution in [3.63, 3.8) is 0 Å². The highest BCUT2D eigenvalue weighted by molar-refractivity contribution is 14.1. The van der Waals surface area contributed by atoms with Crippen LogP contribution in [0, 0.1) is 10.5 Å². The van der Waals surface area contributed by atoms with Crippen LogP contribution in [0.25, 0.3) is 6.08 Å². The second-order valence-corrected chi connectivity index (χ2v) is 11.3. The number of amides is 3. The number of anilines is 1. The van der Waals surface area contributed by atoms with E-state index in [1.807, 2.05) is 25.1 Å². The van der Waals surface area contributed by atoms with Crippen LogP contribution in [0.2, 0.25) is 10.0 Å². The summed E-state index contributed by atoms with van der Waals surface area (Å²) in [5, 5.41) is 3.29. The number of rotatable bonds is 8. The fraction of sp³-hybridized carbons (Fsp3) is 0.148. The number of thioether (sulfide) groups is 1. The van der Waals surface area contributed by atoms with Crippen LogP contribution in [0.15, 0.2) is 59.5 Å². The smallest absolute Gasteiger partial charge is 0.294 e. The summed E-state index contributed by atoms with van der Waals surface area (Å²) in [7, 11) is 1.53. The molecule has 1 aliphatic rings. The number of hydrogen-bond acceptors (Lipinski definition) is 6. The van der Waals surface area contributed by atoms with Crippen molar-refractivity contribution in [1.29, 1.82) is 0 Å². The van der Waals surface area contributed by atoms with Gasteiger partial charge in [0.25, 0.3) is 11.1 Å². The van der Waals surface area contributed by atoms with Crippen LogP contribution in [-0.2, 0) is 16.2 Å². The number of carbonyl (C=O) groups excluding carboxylic acids is 3. The Bertz CT molecular complexity index is 1450. The first kappa shape index (κ1) is 28.3. The van der Waals surface area contributed by atoms with Gasteiger partial charge >= 0.3 is 0 Å². The third-order valence-electron chi connectivity index (χ3n) is 5.49. The van der Waals surface area contributed by atoms with Crippen LogP contribution < -0.4 is 14.8 Å². The van der Waals surface area contributed by atoms with Crippen molar-refractivity contribution in [1.82, 2.24) is 4.90 Å². The first-order chi connectivity index (χ1) is 18.1. The molecule has 1 heterocycles. The quantitative estimate of drug-likeness (QED) is 0.200. The van der Waals surface area contributed by atoms with Gasteiger partial charge in [-0.15, -0.1) is 0 Å². The van der Waals surface area contributed by atoms with Gasteiger partial charge in [0.05, 0.1) is 15.6 Å². The van der Waals surface area contributed by atoms with Crippen LogP contribution in [-0.4, -0.2) is 35.6 Å². The van der Waals surface area contributed by atoms with E-state index < -0.39 is 23.6 Å². The first-order valence-electron chi connectivity index (χ1n) is 11.2. The van der Waals surface area contributed by atoms with Gasteiger partial charge in [-0.2, -0.15) is 0 Å². The zero-order valence-electron chi connectivity index (χ0n) is 20.2. The number of hydrogen-bond donors (Lipinski definition) is 1. The summed E-state index contributed by atoms with van der Waals surface area (Å²) in [4.78, 5) is 39.2. The Hall–Kier alpha value is -2.73. The lowest BCUT2D eigenvalue weighted by Crippen LogP contribution is -2.36. The van der Waals surface area contributed by atoms with E-state index >= 15 is 0 Å². The number of imide groups is 1. The highest BCUT2D eigenvalue weighted by Gasteiger charge is 2.36. The molecule has 0 aliphatic carbocycles. The number of ether oxygens (including phenoxy) is 2. The third kappa shape index (κ3) is 6.82. The summed E-state index contributed by atoms with van der Waals surface area (Å²) in [6.45, 7) is 1.73. The first-order valence-corrected chi connectivity index (χ1v) is 13.9. The zero-order valence-corrected chi connectivity index (χ0v) is 24.7. The van der Waals surface area contributed by atoms with E-state index in [-0.39, 0.29) is 4.91 Å². The third-order valence-corrected chi connectivity index (χ3v) is 7.69. The Balaban J connectivity index is 1.47. The molecule has 3 amide bonds. The molecule has 38 heavy (non-hydrogen) atoms. The van der Waals surface area contributed by atoms with Crippen LogP contribution in [0.3, 0.4) is 0 Å². The Kier molecular flexibility index (Phi) is 9.24. The number of aryl methyl sites for hydroxylation is 1. The fourth-order valence-corrected chi connectivity index (χ4v) is 5.47. The Morgan fingerprint density at radius 2 is 1.79 bits per heavy atom. The summed E-state index contributed by atoms with van der Waals surface area (Å²) in [6.07, 6.45) is 1.59. The molecule has 3 aromatic rings. The molecule has 196 valence electrons. The van der Waals surface area contributed by atoms with E-state index in [2.05, 4.69) is 27.9 Å². The molecule has 3 aromatic carbocycles. The molecule has 4 rings (SSSR count). The molecular weight excluding hydrogens is 662 g/mol. The molecular formula is C27H21Cl2IN2O5S. The normalized spacial score (nSPS) is 14.2. The van der Waals surface area contributed by atoms with Gasteiger partial charge < -0.3 is 14.8 Å². The minimum Gasteiger partial charge on any atom is -0.493 e. The van der Waals surface area contributed by atoms with Gasteiger partial charge in [-0.1, -0.05) is 41.4 Å². The molecule has 1 fully saturated rings. The number of carbonyl (C=O) groups is 3. The van der Waals surface area contributed by atoms with Crippen LogP contribution >= 0.6 is 57.6 Å². The van der Waals surface area contributed by atoms with Crippen molar-refractivity contribution >= 4 is 86.4 Å². The maximum absolute atomic E-state index is 13.0. The second-order valence-electron chi connectivity index (χ2n) is 8.22. The number of nitrogens with one attached hydrogen (secondary N) is 1. The molecule has 1 N–H and O–H groups in total. The molecule has 0 aromatic heterocycles. The molecule has 0 spiro atoms. The average Bonchev–Trinajstić information content (AvgIpc) is 3.13. The van der Waals surface area contributed by atoms with Gasteiger partial charge in [0.15, 0.2) is 11.5 Å². The van der Waals surface area contributed by atoms with Crippen molar-refractivity contribution in [3.8, 4) is 11.5 Å². The molecule has 1 saturated heterocycles. The summed E-state index contributed by atoms with van der Waals surface area (Å²) in [5.41, 5.74) is 2.92. The minimum absolute atomic E-state index is 0.203. The Morgan fingerprint density at radius 3 is 2.50 bits per heavy atom. The lowest BCUT2D eigenvalue weighted by atomic mass is 10.1. The predicted molar refractivity (Wildman–Crippen MR) is 159 cm³/mol. The van der Waals surface area contributed by atoms with Gasteiger partial charge in [-0.25, -0.2) is 0 Å². The van der Waals surface area contributed by atoms with E-state index in [1.165, 1.54) is 7.11 Å². The van der Waals surface area contributed by atoms with Crippen LogP contribution in [0.4, 0.5) is 10.5 Å². The van der Waals surface area contributed by atoms with E-state index in [4.69, 9.17) is 32.7 Å². The standard InChI is InChI=1S/C27H21Cl2IN2O5S/c1-15-3-6-19(29)12-21(15)31-24(33)13-32-26(34)23(38-27(32)35)11-17-9-20(30)25(22(10-17)36-2)37-14-16-4-7-18(28)8-5-16/h3-12H,13-14H2,1-2H3,(H,31,33)/b23-11+. The molecule has 0 radical (unpaired) electrons. The fourth-order valence-electron chi connectivity index (χ4n) is 3.55. The molecule has 0 saturated carbocycles. The summed E-state index contributed by atoms with van der Waals surface area (Å²) in [5.74, 6) is -0.0128. The average molecular weight is 683 g/mol. The maximum atomic E-state index is 13.0. The SMILES string of the molecule is COc1cc(/C=C2/SC(=O)N(CC(=O)Nc3cc(Cl)ccc3C)C2=O)cc(I)c1OCc1ccc(Cl)cc1. The van der Waals surface area contributed by atoms with Gasteiger partial charge in [0.1, 0.15) is 13.2 Å². The lowest BCUT2D eigenvalue weighted by molar-refractivity contribution is -0.127. The number of methoxy groups -OCH3 is 1. The van der Waals surface area contributed by atoms with Crippen molar-refractivity contribution in [3.05, 3.63) is 89.8 Å². The molecule has 0 unspecified atom stereocenters. The zero-order chi connectivity index (χ0) is 27.4. The van der Waals surface area contributed by atoms with E-state index in [0.717, 1.165) is 31.4 Å². The highest BCUT2D eigenvalue weighted by Crippen LogP contribution is 2.37. The minimum atomic E-state index is -0.546. The summed E-state index contributed by atoms with van der Waals surface area (Å²) < 4.78 is 12.3. The van der Waals surface area contributed by atoms with Gasteiger partial charge in [0.2, 0.25) is 5.91 Å².